The van der Waals surface area contributed by atoms with Gasteiger partial charge in [-0.05, 0) is 17.5 Å². The van der Waals surface area contributed by atoms with E-state index in [1.165, 1.54) is 0 Å². The number of aromatic nitrogens is 1. The fourth-order valence-electron chi connectivity index (χ4n) is 2.84. The van der Waals surface area contributed by atoms with Gasteiger partial charge in [-0.3, -0.25) is 4.79 Å². The molecule has 2 rings (SSSR count). The van der Waals surface area contributed by atoms with Gasteiger partial charge in [0.1, 0.15) is 6.04 Å². The molecule has 3 atom stereocenters. The number of H-pyrrole nitrogens is 1. The minimum Gasteiger partial charge on any atom is -0.480 e. The van der Waals surface area contributed by atoms with Crippen LogP contribution in [0.5, 0.6) is 0 Å². The minimum atomic E-state index is -4.66. The van der Waals surface area contributed by atoms with Gasteiger partial charge in [0.25, 0.3) is 0 Å². The van der Waals surface area contributed by atoms with Gasteiger partial charge in [0, 0.05) is 23.5 Å². The zero-order valence-corrected chi connectivity index (χ0v) is 15.9. The van der Waals surface area contributed by atoms with Crippen LogP contribution in [0.2, 0.25) is 0 Å². The number of para-hydroxylation sites is 1. The Balaban J connectivity index is 2.19. The molecule has 6 N–H and O–H groups in total. The number of aliphatic carboxylic acids is 1. The van der Waals surface area contributed by atoms with Gasteiger partial charge in [0.2, 0.25) is 5.91 Å². The molecule has 1 aromatic heterocycles. The fourth-order valence-corrected chi connectivity index (χ4v) is 3.58. The van der Waals surface area contributed by atoms with Crippen molar-refractivity contribution in [3.63, 3.8) is 0 Å². The average molecular weight is 397 g/mol. The number of nitrogens with one attached hydrogen (secondary N) is 3. The number of fused-ring (bicyclic) bond motifs is 1. The first-order chi connectivity index (χ1) is 12.6. The summed E-state index contributed by atoms with van der Waals surface area (Å²) in [5, 5.41) is 14.8. The molecular formula is C17H24N3O6P. The van der Waals surface area contributed by atoms with Crippen molar-refractivity contribution in [1.29, 1.82) is 0 Å². The van der Waals surface area contributed by atoms with Gasteiger partial charge in [-0.25, -0.2) is 14.4 Å². The third-order valence-corrected chi connectivity index (χ3v) is 5.13. The van der Waals surface area contributed by atoms with Gasteiger partial charge in [-0.2, -0.15) is 0 Å². The summed E-state index contributed by atoms with van der Waals surface area (Å²) in [6.07, 6.45) is 2.20. The maximum absolute atomic E-state index is 12.5. The largest absolute Gasteiger partial charge is 0.480 e. The van der Waals surface area contributed by atoms with Crippen LogP contribution >= 0.6 is 7.75 Å². The highest BCUT2D eigenvalue weighted by molar-refractivity contribution is 7.49. The van der Waals surface area contributed by atoms with Crippen molar-refractivity contribution in [3.8, 4) is 0 Å². The van der Waals surface area contributed by atoms with Gasteiger partial charge in [-0.1, -0.05) is 38.5 Å². The summed E-state index contributed by atoms with van der Waals surface area (Å²) in [5.74, 6) is -2.40. The smallest absolute Gasteiger partial charge is 0.401 e. The van der Waals surface area contributed by atoms with Crippen LogP contribution in [0.15, 0.2) is 30.5 Å². The predicted octanol–water partition coefficient (Wildman–Crippen LogP) is 1.38. The monoisotopic (exact) mass is 397 g/mol. The van der Waals surface area contributed by atoms with Gasteiger partial charge in [0.15, 0.2) is 0 Å². The number of carboxylic acid groups (broad SMARTS) is 1. The van der Waals surface area contributed by atoms with Gasteiger partial charge >= 0.3 is 13.7 Å². The summed E-state index contributed by atoms with van der Waals surface area (Å²) in [5.41, 5.74) is 1.57. The van der Waals surface area contributed by atoms with E-state index in [0.717, 1.165) is 16.5 Å². The minimum absolute atomic E-state index is 0.0359. The number of amides is 1. The van der Waals surface area contributed by atoms with Crippen LogP contribution in [0.4, 0.5) is 0 Å². The van der Waals surface area contributed by atoms with E-state index in [-0.39, 0.29) is 6.42 Å². The summed E-state index contributed by atoms with van der Waals surface area (Å²) in [4.78, 5) is 45.5. The topological polar surface area (TPSA) is 152 Å². The molecule has 0 aliphatic rings. The van der Waals surface area contributed by atoms with Crippen molar-refractivity contribution < 1.29 is 29.0 Å². The van der Waals surface area contributed by atoms with Crippen molar-refractivity contribution in [2.75, 3.05) is 0 Å². The fraction of sp³-hybridized carbons (Fsp3) is 0.412. The lowest BCUT2D eigenvalue weighted by molar-refractivity contribution is -0.142. The molecule has 2 aromatic rings. The summed E-state index contributed by atoms with van der Waals surface area (Å²) in [7, 11) is -4.66. The second-order valence-corrected chi connectivity index (χ2v) is 7.85. The van der Waals surface area contributed by atoms with E-state index in [4.69, 9.17) is 9.79 Å². The van der Waals surface area contributed by atoms with Crippen LogP contribution in [0.25, 0.3) is 10.9 Å². The summed E-state index contributed by atoms with van der Waals surface area (Å²) < 4.78 is 11.3. The molecule has 0 radical (unpaired) electrons. The molecule has 0 aliphatic carbocycles. The molecule has 0 saturated carbocycles. The van der Waals surface area contributed by atoms with E-state index in [1.54, 1.807) is 20.0 Å². The van der Waals surface area contributed by atoms with Crippen LogP contribution in [-0.2, 0) is 20.6 Å². The Bertz CT molecular complexity index is 861. The third-order valence-electron chi connectivity index (χ3n) is 4.52. The van der Waals surface area contributed by atoms with E-state index in [0.29, 0.717) is 6.42 Å². The summed E-state index contributed by atoms with van der Waals surface area (Å²) in [6.45, 7) is 3.43. The number of carboxylic acids is 1. The highest BCUT2D eigenvalue weighted by Gasteiger charge is 2.33. The van der Waals surface area contributed by atoms with Crippen LogP contribution in [0.3, 0.4) is 0 Å². The van der Waals surface area contributed by atoms with Crippen LogP contribution in [0.1, 0.15) is 25.8 Å². The Hall–Kier alpha value is -2.19. The zero-order chi connectivity index (χ0) is 20.2. The second kappa shape index (κ2) is 8.67. The van der Waals surface area contributed by atoms with E-state index in [1.807, 2.05) is 29.4 Å². The Labute approximate surface area is 156 Å². The van der Waals surface area contributed by atoms with Gasteiger partial charge in [-0.15, -0.1) is 0 Å². The Morgan fingerprint density at radius 3 is 2.52 bits per heavy atom. The van der Waals surface area contributed by atoms with Crippen molar-refractivity contribution in [3.05, 3.63) is 36.0 Å². The lowest BCUT2D eigenvalue weighted by Gasteiger charge is -2.25. The Kier molecular flexibility index (Phi) is 6.78. The summed E-state index contributed by atoms with van der Waals surface area (Å²) >= 11 is 0. The van der Waals surface area contributed by atoms with Gasteiger partial charge in [0.05, 0.1) is 6.04 Å². The quantitative estimate of drug-likeness (QED) is 0.350. The molecule has 0 unspecified atom stereocenters. The SMILES string of the molecule is CC[C@@H](C)[C@H](NP(=O)(O)O)C(=O)N[C@@H](Cc1c[nH]c2ccccc12)C(=O)O. The number of carbonyl (C=O) groups excluding carboxylic acids is 1. The summed E-state index contributed by atoms with van der Waals surface area (Å²) in [6, 6.07) is 4.94. The lowest BCUT2D eigenvalue weighted by atomic mass is 9.98. The van der Waals surface area contributed by atoms with E-state index in [2.05, 4.69) is 10.3 Å². The van der Waals surface area contributed by atoms with Crippen molar-refractivity contribution in [2.45, 2.75) is 38.8 Å². The standard InChI is InChI=1S/C17H24N3O6P/c1-3-10(2)15(20-27(24,25)26)16(21)19-14(17(22)23)8-11-9-18-13-7-5-4-6-12(11)13/h4-7,9-10,14-15,18H,3,8H2,1-2H3,(H,19,21)(H,22,23)(H3,20,24,25,26)/t10-,14+,15+/m1/s1. The number of carbonyl (C=O) groups is 2. The predicted molar refractivity (Wildman–Crippen MR) is 100.0 cm³/mol. The molecule has 9 nitrogen and oxygen atoms in total. The molecule has 1 aromatic carbocycles. The number of benzene rings is 1. The van der Waals surface area contributed by atoms with Gasteiger partial charge < -0.3 is 25.2 Å². The maximum atomic E-state index is 12.5. The van der Waals surface area contributed by atoms with Crippen molar-refractivity contribution in [2.24, 2.45) is 5.92 Å². The molecule has 148 valence electrons. The van der Waals surface area contributed by atoms with Crippen LogP contribution in [0, 0.1) is 5.92 Å². The maximum Gasteiger partial charge on any atom is 0.401 e. The lowest BCUT2D eigenvalue weighted by Crippen LogP contribution is -2.52. The molecular weight excluding hydrogens is 373 g/mol. The molecule has 0 bridgehead atoms. The molecule has 0 fully saturated rings. The molecule has 27 heavy (non-hydrogen) atoms. The Morgan fingerprint density at radius 1 is 1.26 bits per heavy atom. The number of hydrogen-bond donors (Lipinski definition) is 6. The molecule has 0 saturated heterocycles. The zero-order valence-electron chi connectivity index (χ0n) is 15.0. The van der Waals surface area contributed by atoms with E-state index >= 15 is 0 Å². The van der Waals surface area contributed by atoms with E-state index < -0.39 is 37.6 Å². The highest BCUT2D eigenvalue weighted by atomic mass is 31.2. The van der Waals surface area contributed by atoms with Crippen molar-refractivity contribution >= 4 is 30.5 Å². The molecule has 0 spiro atoms. The first kappa shape index (κ1) is 21.1. The van der Waals surface area contributed by atoms with Crippen molar-refractivity contribution in [1.82, 2.24) is 15.4 Å². The van der Waals surface area contributed by atoms with Crippen LogP contribution in [-0.4, -0.2) is 43.8 Å². The first-order valence-corrected chi connectivity index (χ1v) is 10.1. The number of aromatic amines is 1. The highest BCUT2D eigenvalue weighted by Crippen LogP contribution is 2.31. The number of rotatable bonds is 9. The second-order valence-electron chi connectivity index (χ2n) is 6.50. The molecule has 10 heteroatoms. The first-order valence-electron chi connectivity index (χ1n) is 8.54. The molecule has 1 heterocycles. The van der Waals surface area contributed by atoms with Crippen LogP contribution < -0.4 is 10.4 Å². The van der Waals surface area contributed by atoms with E-state index in [9.17, 15) is 19.3 Å². The number of hydrogen-bond acceptors (Lipinski definition) is 3. The normalized spacial score (nSPS) is 15.3. The molecule has 1 amide bonds. The third kappa shape index (κ3) is 5.64. The molecule has 0 aliphatic heterocycles. The average Bonchev–Trinajstić information content (AvgIpc) is 3.00. The Morgan fingerprint density at radius 2 is 1.93 bits per heavy atom.